The summed E-state index contributed by atoms with van der Waals surface area (Å²) >= 11 is 1.54. The highest BCUT2D eigenvalue weighted by Gasteiger charge is 2.20. The van der Waals surface area contributed by atoms with Crippen LogP contribution in [0.3, 0.4) is 0 Å². The zero-order valence-electron chi connectivity index (χ0n) is 11.6. The molecular weight excluding hydrogens is 256 g/mol. The molecule has 0 spiro atoms. The molecule has 3 nitrogen and oxygen atoms in total. The molecule has 0 radical (unpaired) electrons. The standard InChI is InChI=1S/C15H20N2OS/c1-4-10(3)17(5-2)15(18)14-9-11-8-12(16)6-7-13(11)19-14/h6-10H,4-5,16H2,1-3H3. The fourth-order valence-electron chi connectivity index (χ4n) is 2.18. The van der Waals surface area contributed by atoms with E-state index in [1.165, 1.54) is 11.3 Å². The molecule has 0 saturated heterocycles. The number of benzene rings is 1. The number of anilines is 1. The van der Waals surface area contributed by atoms with Crippen molar-refractivity contribution in [3.05, 3.63) is 29.1 Å². The van der Waals surface area contributed by atoms with Gasteiger partial charge in [-0.25, -0.2) is 0 Å². The second-order valence-electron chi connectivity index (χ2n) is 4.76. The van der Waals surface area contributed by atoms with Gasteiger partial charge in [-0.1, -0.05) is 6.92 Å². The van der Waals surface area contributed by atoms with Gasteiger partial charge in [-0.2, -0.15) is 0 Å². The number of nitrogens with zero attached hydrogens (tertiary/aromatic N) is 1. The predicted molar refractivity (Wildman–Crippen MR) is 82.7 cm³/mol. The van der Waals surface area contributed by atoms with Crippen LogP contribution in [0.25, 0.3) is 10.1 Å². The first-order valence-corrected chi connectivity index (χ1v) is 7.48. The van der Waals surface area contributed by atoms with E-state index in [1.54, 1.807) is 0 Å². The van der Waals surface area contributed by atoms with Crippen molar-refractivity contribution >= 4 is 33.0 Å². The highest BCUT2D eigenvalue weighted by Crippen LogP contribution is 2.28. The molecule has 0 aliphatic carbocycles. The minimum atomic E-state index is 0.122. The van der Waals surface area contributed by atoms with Crippen LogP contribution >= 0.6 is 11.3 Å². The Bertz CT molecular complexity index is 591. The highest BCUT2D eigenvalue weighted by molar-refractivity contribution is 7.20. The average molecular weight is 276 g/mol. The molecule has 1 aromatic carbocycles. The number of hydrogen-bond acceptors (Lipinski definition) is 3. The van der Waals surface area contributed by atoms with Gasteiger partial charge in [-0.15, -0.1) is 11.3 Å². The van der Waals surface area contributed by atoms with Gasteiger partial charge >= 0.3 is 0 Å². The third-order valence-corrected chi connectivity index (χ3v) is 4.58. The van der Waals surface area contributed by atoms with Gasteiger partial charge in [-0.05, 0) is 49.9 Å². The Morgan fingerprint density at radius 2 is 2.11 bits per heavy atom. The molecule has 19 heavy (non-hydrogen) atoms. The summed E-state index contributed by atoms with van der Waals surface area (Å²) in [6, 6.07) is 7.99. The minimum Gasteiger partial charge on any atom is -0.399 e. The number of nitrogens with two attached hydrogens (primary N) is 1. The summed E-state index contributed by atoms with van der Waals surface area (Å²) in [5.74, 6) is 0.122. The number of fused-ring (bicyclic) bond motifs is 1. The zero-order valence-corrected chi connectivity index (χ0v) is 12.5. The molecule has 0 aliphatic rings. The van der Waals surface area contributed by atoms with E-state index in [0.717, 1.165) is 33.6 Å². The van der Waals surface area contributed by atoms with Crippen molar-refractivity contribution in [2.24, 2.45) is 0 Å². The van der Waals surface area contributed by atoms with E-state index in [4.69, 9.17) is 5.73 Å². The van der Waals surface area contributed by atoms with Gasteiger partial charge in [0.05, 0.1) is 4.88 Å². The topological polar surface area (TPSA) is 46.3 Å². The van der Waals surface area contributed by atoms with Crippen LogP contribution in [-0.4, -0.2) is 23.4 Å². The van der Waals surface area contributed by atoms with Crippen LogP contribution in [0.4, 0.5) is 5.69 Å². The van der Waals surface area contributed by atoms with Gasteiger partial charge in [0.15, 0.2) is 0 Å². The Morgan fingerprint density at radius 3 is 2.74 bits per heavy atom. The first-order valence-electron chi connectivity index (χ1n) is 6.66. The Balaban J connectivity index is 2.35. The molecular formula is C15H20N2OS. The Morgan fingerprint density at radius 1 is 1.37 bits per heavy atom. The molecule has 1 heterocycles. The fourth-order valence-corrected chi connectivity index (χ4v) is 3.18. The third-order valence-electron chi connectivity index (χ3n) is 3.48. The lowest BCUT2D eigenvalue weighted by Crippen LogP contribution is -2.37. The fraction of sp³-hybridized carbons (Fsp3) is 0.400. The second kappa shape index (κ2) is 5.61. The van der Waals surface area contributed by atoms with Gasteiger partial charge in [-0.3, -0.25) is 4.79 Å². The summed E-state index contributed by atoms with van der Waals surface area (Å²) in [6.45, 7) is 6.96. The molecule has 0 saturated carbocycles. The first kappa shape index (κ1) is 13.9. The van der Waals surface area contributed by atoms with Gasteiger partial charge < -0.3 is 10.6 Å². The molecule has 1 amide bonds. The van der Waals surface area contributed by atoms with Gasteiger partial charge in [0.1, 0.15) is 0 Å². The van der Waals surface area contributed by atoms with Crippen molar-refractivity contribution in [3.8, 4) is 0 Å². The van der Waals surface area contributed by atoms with Crippen molar-refractivity contribution in [2.75, 3.05) is 12.3 Å². The number of amides is 1. The van der Waals surface area contributed by atoms with Gasteiger partial charge in [0.25, 0.3) is 5.91 Å². The van der Waals surface area contributed by atoms with Crippen LogP contribution in [0.5, 0.6) is 0 Å². The predicted octanol–water partition coefficient (Wildman–Crippen LogP) is 3.74. The number of carbonyl (C=O) groups is 1. The van der Waals surface area contributed by atoms with Crippen molar-refractivity contribution in [3.63, 3.8) is 0 Å². The molecule has 0 aliphatic heterocycles. The normalized spacial score (nSPS) is 12.6. The van der Waals surface area contributed by atoms with Crippen LogP contribution in [0.1, 0.15) is 36.9 Å². The SMILES string of the molecule is CCC(C)N(CC)C(=O)c1cc2cc(N)ccc2s1. The first-order chi connectivity index (χ1) is 9.06. The Labute approximate surface area is 118 Å². The molecule has 0 bridgehead atoms. The summed E-state index contributed by atoms with van der Waals surface area (Å²) in [4.78, 5) is 15.3. The van der Waals surface area contributed by atoms with E-state index >= 15 is 0 Å². The van der Waals surface area contributed by atoms with Crippen LogP contribution in [0, 0.1) is 0 Å². The number of rotatable bonds is 4. The Kier molecular flexibility index (Phi) is 4.10. The molecule has 2 rings (SSSR count). The van der Waals surface area contributed by atoms with Crippen LogP contribution in [0.15, 0.2) is 24.3 Å². The summed E-state index contributed by atoms with van der Waals surface area (Å²) in [5, 5.41) is 1.05. The maximum Gasteiger partial charge on any atom is 0.264 e. The molecule has 0 fully saturated rings. The van der Waals surface area contributed by atoms with E-state index in [-0.39, 0.29) is 11.9 Å². The number of carbonyl (C=O) groups excluding carboxylic acids is 1. The average Bonchev–Trinajstić information content (AvgIpc) is 2.81. The van der Waals surface area contributed by atoms with E-state index in [9.17, 15) is 4.79 Å². The summed E-state index contributed by atoms with van der Waals surface area (Å²) in [7, 11) is 0. The molecule has 1 unspecified atom stereocenters. The maximum absolute atomic E-state index is 12.5. The zero-order chi connectivity index (χ0) is 14.0. The molecule has 102 valence electrons. The summed E-state index contributed by atoms with van der Waals surface area (Å²) < 4.78 is 1.11. The van der Waals surface area contributed by atoms with E-state index in [2.05, 4.69) is 13.8 Å². The van der Waals surface area contributed by atoms with Crippen LogP contribution < -0.4 is 5.73 Å². The lowest BCUT2D eigenvalue weighted by molar-refractivity contribution is 0.0705. The quantitative estimate of drug-likeness (QED) is 0.865. The number of nitrogen functional groups attached to an aromatic ring is 1. The van der Waals surface area contributed by atoms with Crippen LogP contribution in [-0.2, 0) is 0 Å². The molecule has 4 heteroatoms. The lowest BCUT2D eigenvalue weighted by atomic mass is 10.2. The van der Waals surface area contributed by atoms with E-state index < -0.39 is 0 Å². The summed E-state index contributed by atoms with van der Waals surface area (Å²) in [6.07, 6.45) is 0.970. The number of thiophene rings is 1. The lowest BCUT2D eigenvalue weighted by Gasteiger charge is -2.26. The molecule has 1 aromatic heterocycles. The third kappa shape index (κ3) is 2.73. The van der Waals surface area contributed by atoms with Crippen LogP contribution in [0.2, 0.25) is 0 Å². The van der Waals surface area contributed by atoms with Crippen molar-refractivity contribution in [1.82, 2.24) is 4.90 Å². The highest BCUT2D eigenvalue weighted by atomic mass is 32.1. The van der Waals surface area contributed by atoms with E-state index in [0.29, 0.717) is 0 Å². The minimum absolute atomic E-state index is 0.122. The van der Waals surface area contributed by atoms with Crippen molar-refractivity contribution < 1.29 is 4.79 Å². The van der Waals surface area contributed by atoms with Gasteiger partial charge in [0.2, 0.25) is 0 Å². The monoisotopic (exact) mass is 276 g/mol. The maximum atomic E-state index is 12.5. The molecule has 1 atom stereocenters. The largest absolute Gasteiger partial charge is 0.399 e. The molecule has 2 N–H and O–H groups in total. The van der Waals surface area contributed by atoms with Gasteiger partial charge in [0, 0.05) is 23.0 Å². The number of hydrogen-bond donors (Lipinski definition) is 1. The smallest absolute Gasteiger partial charge is 0.264 e. The second-order valence-corrected chi connectivity index (χ2v) is 5.84. The van der Waals surface area contributed by atoms with Crippen molar-refractivity contribution in [2.45, 2.75) is 33.2 Å². The van der Waals surface area contributed by atoms with E-state index in [1.807, 2.05) is 36.1 Å². The Hall–Kier alpha value is -1.55. The molecule has 2 aromatic rings. The van der Waals surface area contributed by atoms with Crippen molar-refractivity contribution in [1.29, 1.82) is 0 Å². The summed E-state index contributed by atoms with van der Waals surface area (Å²) in [5.41, 5.74) is 6.51.